The molecular weight excluding hydrogens is 1370 g/mol. The first kappa shape index (κ1) is 80.2. The van der Waals surface area contributed by atoms with Crippen LogP contribution in [0.1, 0.15) is 148 Å². The standard InChI is InChI=1S/C32H38N2O4.C32H36N2O2.C31H39NO2Si/c1-32(2,3)38-31(37)34-21-19-33(20-22-34)27-15-11-25(12-16-27)30(26-13-17-28(36)18-14-26)29(10-7-23-35)24-8-5-4-6-9-24;35-23-7-10-30(25-8-3-1-4-9-25)32(26-11-14-29(36)15-12-26)28-13-16-31-27(24-28)17-20-34(31)22-21-33-18-5-2-6-19-33;1-35(2,24-32-21-7-4-8-22-32)29-19-15-27(16-20-29)31(26-13-17-28(34)18-14-26)30(12-9-23-33)25-10-5-3-6-11-25/h4-6,8-9,11-18,35-36H,7,10,19-23H2,1-3H3;1,3-4,8-9,11-17,20,24,35-36H,2,5-7,10,18-19,21-23H2;3,5-6,10-11,13-20,33-34H,4,7-9,12,21-24H2,1-2H3/b30-29+;32-30-;31-30-. The summed E-state index contributed by atoms with van der Waals surface area (Å²) in [5, 5.41) is 61.4. The van der Waals surface area contributed by atoms with Crippen LogP contribution in [0, 0.1) is 0 Å². The number of aliphatic hydroxyl groups excluding tert-OH is 3. The number of fused-ring (bicyclic) bond motifs is 1. The van der Waals surface area contributed by atoms with E-state index in [4.69, 9.17) is 4.74 Å². The SMILES string of the molecule is CC(C)(C)OC(=O)N1CCN(c2ccc(/C(=C(/CCCO)c3ccccc3)c3ccc(O)cc3)cc2)CC1.C[Si](C)(CN1CCCCC1)c1ccc(/C(=C(/CCCO)c2ccccc2)c2ccc(O)cc2)cc1.OCCC/C(=C(\c1ccc(O)cc1)c1ccc2c(ccn2CCN2CCCCC2)c1)c1ccccc1. The van der Waals surface area contributed by atoms with Crippen LogP contribution in [-0.2, 0) is 11.3 Å². The van der Waals surface area contributed by atoms with E-state index in [0.29, 0.717) is 32.4 Å². The molecule has 1 aromatic heterocycles. The normalized spacial score (nSPS) is 15.2. The molecule has 0 atom stereocenters. The number of nitrogens with zero attached hydrogens (tertiary/aromatic N) is 5. The molecule has 1 amide bonds. The maximum atomic E-state index is 12.4. The summed E-state index contributed by atoms with van der Waals surface area (Å²) in [6, 6.07) is 80.3. The molecule has 0 radical (unpaired) electrons. The molecule has 109 heavy (non-hydrogen) atoms. The number of carbonyl (C=O) groups excluding carboxylic acids is 1. The molecular formula is C95H113N5O8Si. The van der Waals surface area contributed by atoms with E-state index in [9.17, 15) is 35.4 Å². The van der Waals surface area contributed by atoms with Gasteiger partial charge >= 0.3 is 6.09 Å². The van der Waals surface area contributed by atoms with Crippen LogP contribution in [-0.4, -0.2) is 155 Å². The first-order chi connectivity index (χ1) is 52.9. The summed E-state index contributed by atoms with van der Waals surface area (Å²) >= 11 is 0. The van der Waals surface area contributed by atoms with Crippen LogP contribution in [0.3, 0.4) is 0 Å². The van der Waals surface area contributed by atoms with Crippen molar-refractivity contribution in [2.75, 3.05) is 89.8 Å². The number of benzene rings is 9. The van der Waals surface area contributed by atoms with Crippen molar-refractivity contribution < 1.29 is 40.2 Å². The lowest BCUT2D eigenvalue weighted by molar-refractivity contribution is 0.0240. The second-order valence-corrected chi connectivity index (χ2v) is 35.4. The summed E-state index contributed by atoms with van der Waals surface area (Å²) in [4.78, 5) is 21.8. The van der Waals surface area contributed by atoms with Crippen LogP contribution in [0.25, 0.3) is 44.3 Å². The number of hydrogen-bond acceptors (Lipinski definition) is 11. The minimum absolute atomic E-state index is 0.118. The number of ether oxygens (including phenoxy) is 1. The molecule has 10 aromatic rings. The fourth-order valence-electron chi connectivity index (χ4n) is 15.5. The maximum Gasteiger partial charge on any atom is 0.410 e. The molecule has 0 aliphatic carbocycles. The van der Waals surface area contributed by atoms with Crippen LogP contribution in [0.4, 0.5) is 10.5 Å². The van der Waals surface area contributed by atoms with Gasteiger partial charge in [-0.3, -0.25) is 0 Å². The van der Waals surface area contributed by atoms with Crippen LogP contribution in [0.5, 0.6) is 17.2 Å². The van der Waals surface area contributed by atoms with Gasteiger partial charge in [0.25, 0.3) is 0 Å². The van der Waals surface area contributed by atoms with E-state index >= 15 is 0 Å². The minimum Gasteiger partial charge on any atom is -0.508 e. The second kappa shape index (κ2) is 39.5. The average molecular weight is 1480 g/mol. The van der Waals surface area contributed by atoms with Gasteiger partial charge in [0, 0.05) is 81.9 Å². The van der Waals surface area contributed by atoms with Gasteiger partial charge in [-0.25, -0.2) is 4.79 Å². The summed E-state index contributed by atoms with van der Waals surface area (Å²) in [5.74, 6) is 0.757. The van der Waals surface area contributed by atoms with Gasteiger partial charge in [0.15, 0.2) is 0 Å². The number of rotatable bonds is 25. The fourth-order valence-corrected chi connectivity index (χ4v) is 18.2. The molecule has 0 spiro atoms. The van der Waals surface area contributed by atoms with Gasteiger partial charge in [0.05, 0.1) is 8.07 Å². The number of phenolic OH excluding ortho intramolecular Hbond substituents is 3. The fraction of sp³-hybridized carbons (Fsp3) is 0.337. The van der Waals surface area contributed by atoms with Crippen molar-refractivity contribution in [3.8, 4) is 17.2 Å². The van der Waals surface area contributed by atoms with E-state index in [1.165, 1.54) is 115 Å². The number of carbonyl (C=O) groups is 1. The number of aliphatic hydroxyl groups is 3. The molecule has 6 N–H and O–H groups in total. The smallest absolute Gasteiger partial charge is 0.410 e. The Morgan fingerprint density at radius 1 is 0.404 bits per heavy atom. The van der Waals surface area contributed by atoms with Crippen molar-refractivity contribution in [3.63, 3.8) is 0 Å². The summed E-state index contributed by atoms with van der Waals surface area (Å²) in [7, 11) is -1.58. The van der Waals surface area contributed by atoms with Crippen molar-refractivity contribution in [2.45, 2.75) is 123 Å². The molecule has 3 aliphatic rings. The highest BCUT2D eigenvalue weighted by Crippen LogP contribution is 2.41. The third-order valence-corrected chi connectivity index (χ3v) is 24.3. The first-order valence-electron chi connectivity index (χ1n) is 39.5. The quantitative estimate of drug-likeness (QED) is 0.0238. The molecule has 0 saturated carbocycles. The number of piperidine rings is 2. The third-order valence-electron chi connectivity index (χ3n) is 21.1. The molecule has 3 fully saturated rings. The molecule has 570 valence electrons. The summed E-state index contributed by atoms with van der Waals surface area (Å²) in [5.41, 5.74) is 18.9. The third kappa shape index (κ3) is 22.5. The monoisotopic (exact) mass is 1480 g/mol. The molecule has 0 unspecified atom stereocenters. The van der Waals surface area contributed by atoms with Crippen molar-refractivity contribution in [1.82, 2.24) is 19.3 Å². The number of hydrogen-bond donors (Lipinski definition) is 6. The van der Waals surface area contributed by atoms with Gasteiger partial charge in [0.2, 0.25) is 0 Å². The summed E-state index contributed by atoms with van der Waals surface area (Å²) < 4.78 is 7.91. The zero-order valence-corrected chi connectivity index (χ0v) is 65.7. The Kier molecular flexibility index (Phi) is 29.1. The Morgan fingerprint density at radius 3 is 1.18 bits per heavy atom. The van der Waals surface area contributed by atoms with Gasteiger partial charge in [-0.1, -0.05) is 201 Å². The van der Waals surface area contributed by atoms with Gasteiger partial charge in [-0.2, -0.15) is 0 Å². The van der Waals surface area contributed by atoms with Crippen molar-refractivity contribution in [2.24, 2.45) is 0 Å². The summed E-state index contributed by atoms with van der Waals surface area (Å²) in [6.45, 7) is 20.8. The number of piperazine rings is 1. The number of aromatic hydroxyl groups is 3. The second-order valence-electron chi connectivity index (χ2n) is 30.8. The molecule has 13 rings (SSSR count). The zero-order chi connectivity index (χ0) is 76.5. The van der Waals surface area contributed by atoms with Gasteiger partial charge < -0.3 is 59.5 Å². The Balaban J connectivity index is 0.000000163. The van der Waals surface area contributed by atoms with E-state index < -0.39 is 13.7 Å². The molecule has 0 bridgehead atoms. The topological polar surface area (TPSA) is 166 Å². The van der Waals surface area contributed by atoms with Crippen LogP contribution in [0.2, 0.25) is 13.1 Å². The number of aromatic nitrogens is 1. The predicted octanol–water partition coefficient (Wildman–Crippen LogP) is 18.8. The number of likely N-dealkylation sites (tertiary alicyclic amines) is 2. The van der Waals surface area contributed by atoms with Gasteiger partial charge in [-0.05, 0) is 268 Å². The lowest BCUT2D eigenvalue weighted by Crippen LogP contribution is -2.52. The van der Waals surface area contributed by atoms with Crippen LogP contribution < -0.4 is 10.1 Å². The lowest BCUT2D eigenvalue weighted by atomic mass is 9.87. The molecule has 14 heteroatoms. The number of phenols is 3. The maximum absolute atomic E-state index is 12.4. The van der Waals surface area contributed by atoms with Gasteiger partial charge in [0.1, 0.15) is 22.8 Å². The molecule has 3 aliphatic heterocycles. The Labute approximate surface area is 648 Å². The minimum atomic E-state index is -1.58. The number of anilines is 1. The number of allylic oxidation sites excluding steroid dienone is 3. The number of amides is 1. The highest BCUT2D eigenvalue weighted by Gasteiger charge is 2.30. The zero-order valence-electron chi connectivity index (χ0n) is 64.7. The van der Waals surface area contributed by atoms with Crippen molar-refractivity contribution in [1.29, 1.82) is 0 Å². The molecule has 4 heterocycles. The predicted molar refractivity (Wildman–Crippen MR) is 453 cm³/mol. The lowest BCUT2D eigenvalue weighted by Gasteiger charge is -2.36. The van der Waals surface area contributed by atoms with E-state index in [-0.39, 0.29) is 43.2 Å². The van der Waals surface area contributed by atoms with Crippen molar-refractivity contribution >= 4 is 69.4 Å². The van der Waals surface area contributed by atoms with Gasteiger partial charge in [-0.15, -0.1) is 0 Å². The van der Waals surface area contributed by atoms with Crippen molar-refractivity contribution in [3.05, 3.63) is 293 Å². The van der Waals surface area contributed by atoms with E-state index in [0.717, 1.165) is 107 Å². The van der Waals surface area contributed by atoms with E-state index in [2.05, 4.69) is 172 Å². The van der Waals surface area contributed by atoms with Crippen LogP contribution in [0.15, 0.2) is 243 Å². The summed E-state index contributed by atoms with van der Waals surface area (Å²) in [6.07, 6.45) is 15.6. The Bertz CT molecular complexity index is 4550. The Hall–Kier alpha value is -9.77. The first-order valence-corrected chi connectivity index (χ1v) is 42.7. The van der Waals surface area contributed by atoms with Crippen LogP contribution >= 0.6 is 0 Å². The highest BCUT2D eigenvalue weighted by atomic mass is 28.3. The Morgan fingerprint density at radius 2 is 0.780 bits per heavy atom. The average Bonchev–Trinajstić information content (AvgIpc) is 1.73. The molecule has 3 saturated heterocycles. The van der Waals surface area contributed by atoms with E-state index in [1.807, 2.05) is 87.5 Å². The van der Waals surface area contributed by atoms with E-state index in [1.54, 1.807) is 41.3 Å². The highest BCUT2D eigenvalue weighted by molar-refractivity contribution is 6.90. The largest absolute Gasteiger partial charge is 0.508 e. The molecule has 9 aromatic carbocycles. The molecule has 13 nitrogen and oxygen atoms in total.